The number of amides is 1. The number of nitrogens with one attached hydrogen (secondary N) is 1. The van der Waals surface area contributed by atoms with E-state index in [1.165, 1.54) is 11.6 Å². The van der Waals surface area contributed by atoms with Crippen molar-refractivity contribution in [2.45, 2.75) is 32.9 Å². The number of rotatable bonds is 7. The molecular formula is C24H27FN4O2. The van der Waals surface area contributed by atoms with Crippen LogP contribution < -0.4 is 10.1 Å². The monoisotopic (exact) mass is 422 g/mol. The molecule has 0 atom stereocenters. The summed E-state index contributed by atoms with van der Waals surface area (Å²) in [5, 5.41) is 7.31. The van der Waals surface area contributed by atoms with Crippen LogP contribution in [0.1, 0.15) is 25.3 Å². The third-order valence-corrected chi connectivity index (χ3v) is 5.56. The van der Waals surface area contributed by atoms with Gasteiger partial charge in [-0.15, -0.1) is 0 Å². The van der Waals surface area contributed by atoms with Crippen molar-refractivity contribution in [2.75, 3.05) is 18.4 Å². The Morgan fingerprint density at radius 1 is 1.16 bits per heavy atom. The van der Waals surface area contributed by atoms with Gasteiger partial charge < -0.3 is 10.1 Å². The maximum absolute atomic E-state index is 13.7. The Morgan fingerprint density at radius 3 is 2.58 bits per heavy atom. The molecule has 7 heteroatoms. The number of para-hydroxylation sites is 1. The molecule has 0 saturated carbocycles. The van der Waals surface area contributed by atoms with Gasteiger partial charge in [0.1, 0.15) is 5.75 Å². The van der Waals surface area contributed by atoms with Crippen LogP contribution in [0.3, 0.4) is 0 Å². The van der Waals surface area contributed by atoms with Gasteiger partial charge in [0.05, 0.1) is 6.20 Å². The summed E-state index contributed by atoms with van der Waals surface area (Å²) in [5.74, 6) is 0.325. The van der Waals surface area contributed by atoms with Gasteiger partial charge in [0.2, 0.25) is 5.91 Å². The topological polar surface area (TPSA) is 59.4 Å². The Morgan fingerprint density at radius 2 is 1.90 bits per heavy atom. The molecule has 0 bridgehead atoms. The molecule has 2 heterocycles. The zero-order valence-electron chi connectivity index (χ0n) is 17.6. The molecule has 6 nitrogen and oxygen atoms in total. The van der Waals surface area contributed by atoms with Crippen molar-refractivity contribution >= 4 is 11.6 Å². The molecule has 4 rings (SSSR count). The van der Waals surface area contributed by atoms with E-state index in [2.05, 4.69) is 28.4 Å². The van der Waals surface area contributed by atoms with Crippen LogP contribution >= 0.6 is 0 Å². The number of ether oxygens (including phenoxy) is 1. The van der Waals surface area contributed by atoms with Gasteiger partial charge in [-0.1, -0.05) is 12.1 Å². The lowest BCUT2D eigenvalue weighted by atomic mass is 9.95. The summed E-state index contributed by atoms with van der Waals surface area (Å²) in [5.41, 5.74) is 1.92. The van der Waals surface area contributed by atoms with Crippen molar-refractivity contribution in [2.24, 2.45) is 5.92 Å². The highest BCUT2D eigenvalue weighted by Crippen LogP contribution is 2.26. The van der Waals surface area contributed by atoms with Crippen molar-refractivity contribution < 1.29 is 13.9 Å². The van der Waals surface area contributed by atoms with E-state index in [4.69, 9.17) is 4.74 Å². The van der Waals surface area contributed by atoms with Crippen LogP contribution in [0.4, 0.5) is 10.1 Å². The number of hydrogen-bond donors (Lipinski definition) is 1. The lowest BCUT2D eigenvalue weighted by Gasteiger charge is -2.30. The quantitative estimate of drug-likeness (QED) is 0.600. The molecule has 1 fully saturated rings. The molecule has 1 aromatic heterocycles. The molecule has 0 aliphatic carbocycles. The van der Waals surface area contributed by atoms with Crippen molar-refractivity contribution in [3.8, 4) is 11.5 Å². The van der Waals surface area contributed by atoms with Gasteiger partial charge in [-0.2, -0.15) is 5.10 Å². The van der Waals surface area contributed by atoms with E-state index in [-0.39, 0.29) is 17.6 Å². The molecular weight excluding hydrogens is 395 g/mol. The van der Waals surface area contributed by atoms with E-state index >= 15 is 0 Å². The number of anilines is 1. The average molecular weight is 423 g/mol. The van der Waals surface area contributed by atoms with E-state index in [0.717, 1.165) is 39.0 Å². The first kappa shape index (κ1) is 21.1. The van der Waals surface area contributed by atoms with Crippen LogP contribution in [0.2, 0.25) is 0 Å². The molecule has 3 aromatic rings. The van der Waals surface area contributed by atoms with Crippen LogP contribution in [0.25, 0.3) is 0 Å². The second-order valence-corrected chi connectivity index (χ2v) is 7.80. The lowest BCUT2D eigenvalue weighted by molar-refractivity contribution is -0.121. The highest BCUT2D eigenvalue weighted by molar-refractivity contribution is 5.92. The van der Waals surface area contributed by atoms with Crippen LogP contribution in [0, 0.1) is 11.7 Å². The third kappa shape index (κ3) is 5.49. The van der Waals surface area contributed by atoms with Gasteiger partial charge >= 0.3 is 0 Å². The molecule has 1 saturated heterocycles. The number of nitrogens with zero attached hydrogens (tertiary/aromatic N) is 3. The van der Waals surface area contributed by atoms with E-state index in [1.54, 1.807) is 42.5 Å². The number of carbonyl (C=O) groups excluding carboxylic acids is 1. The predicted octanol–water partition coefficient (Wildman–Crippen LogP) is 4.69. The minimum atomic E-state index is -0.412. The molecule has 162 valence electrons. The second-order valence-electron chi connectivity index (χ2n) is 7.80. The summed E-state index contributed by atoms with van der Waals surface area (Å²) >= 11 is 0. The summed E-state index contributed by atoms with van der Waals surface area (Å²) < 4.78 is 21.2. The largest absolute Gasteiger partial charge is 0.454 e. The van der Waals surface area contributed by atoms with Gasteiger partial charge in [0.25, 0.3) is 0 Å². The zero-order valence-corrected chi connectivity index (χ0v) is 17.6. The Bertz CT molecular complexity index is 1010. The van der Waals surface area contributed by atoms with Crippen molar-refractivity contribution in [1.29, 1.82) is 0 Å². The maximum Gasteiger partial charge on any atom is 0.227 e. The fraction of sp³-hybridized carbons (Fsp3) is 0.333. The van der Waals surface area contributed by atoms with Crippen LogP contribution in [-0.2, 0) is 17.9 Å². The van der Waals surface area contributed by atoms with Crippen molar-refractivity contribution in [1.82, 2.24) is 14.7 Å². The molecule has 0 spiro atoms. The molecule has 31 heavy (non-hydrogen) atoms. The second kappa shape index (κ2) is 9.75. The van der Waals surface area contributed by atoms with Gasteiger partial charge in [-0.3, -0.25) is 14.4 Å². The SMILES string of the molecule is CCn1cc(CN2CCC(C(=O)Nc3ccc(Oc4ccccc4F)cc3)CC2)cn1. The molecule has 1 amide bonds. The predicted molar refractivity (Wildman–Crippen MR) is 117 cm³/mol. The first-order chi connectivity index (χ1) is 15.1. The summed E-state index contributed by atoms with van der Waals surface area (Å²) in [6.45, 7) is 5.61. The average Bonchev–Trinajstić information content (AvgIpc) is 3.25. The van der Waals surface area contributed by atoms with E-state index < -0.39 is 5.82 Å². The highest BCUT2D eigenvalue weighted by Gasteiger charge is 2.25. The van der Waals surface area contributed by atoms with E-state index in [9.17, 15) is 9.18 Å². The van der Waals surface area contributed by atoms with Crippen LogP contribution in [0.15, 0.2) is 60.9 Å². The zero-order chi connectivity index (χ0) is 21.6. The van der Waals surface area contributed by atoms with E-state index in [0.29, 0.717) is 11.4 Å². The Balaban J connectivity index is 1.25. The first-order valence-corrected chi connectivity index (χ1v) is 10.7. The van der Waals surface area contributed by atoms with Crippen molar-refractivity contribution in [3.05, 3.63) is 72.3 Å². The fourth-order valence-corrected chi connectivity index (χ4v) is 3.78. The number of carbonyl (C=O) groups is 1. The summed E-state index contributed by atoms with van der Waals surface area (Å²) in [7, 11) is 0. The maximum atomic E-state index is 13.7. The summed E-state index contributed by atoms with van der Waals surface area (Å²) in [6.07, 6.45) is 5.67. The highest BCUT2D eigenvalue weighted by atomic mass is 19.1. The van der Waals surface area contributed by atoms with Crippen molar-refractivity contribution in [3.63, 3.8) is 0 Å². The number of likely N-dealkylation sites (tertiary alicyclic amines) is 1. The number of hydrogen-bond acceptors (Lipinski definition) is 4. The smallest absolute Gasteiger partial charge is 0.227 e. The number of halogens is 1. The minimum Gasteiger partial charge on any atom is -0.454 e. The van der Waals surface area contributed by atoms with Gasteiger partial charge in [0.15, 0.2) is 11.6 Å². The lowest BCUT2D eigenvalue weighted by Crippen LogP contribution is -2.37. The Hall–Kier alpha value is -3.19. The minimum absolute atomic E-state index is 0.00366. The molecule has 0 unspecified atom stereocenters. The molecule has 1 N–H and O–H groups in total. The Kier molecular flexibility index (Phi) is 6.62. The standard InChI is InChI=1S/C24H27FN4O2/c1-2-29-17-18(15-26-29)16-28-13-11-19(12-14-28)24(30)27-20-7-9-21(10-8-20)31-23-6-4-3-5-22(23)25/h3-10,15,17,19H,2,11-14,16H2,1H3,(H,27,30). The summed E-state index contributed by atoms with van der Waals surface area (Å²) in [6, 6.07) is 13.3. The van der Waals surface area contributed by atoms with Crippen LogP contribution in [0.5, 0.6) is 11.5 Å². The normalized spacial score (nSPS) is 15.0. The molecule has 2 aromatic carbocycles. The first-order valence-electron chi connectivity index (χ1n) is 10.7. The number of aryl methyl sites for hydroxylation is 1. The fourth-order valence-electron chi connectivity index (χ4n) is 3.78. The number of piperidine rings is 1. The summed E-state index contributed by atoms with van der Waals surface area (Å²) in [4.78, 5) is 15.0. The number of benzene rings is 2. The third-order valence-electron chi connectivity index (χ3n) is 5.56. The number of aromatic nitrogens is 2. The molecule has 1 aliphatic heterocycles. The molecule has 0 radical (unpaired) electrons. The molecule has 1 aliphatic rings. The Labute approximate surface area is 181 Å². The van der Waals surface area contributed by atoms with Gasteiger partial charge in [0, 0.05) is 36.5 Å². The van der Waals surface area contributed by atoms with E-state index in [1.807, 2.05) is 10.9 Å². The van der Waals surface area contributed by atoms with Gasteiger partial charge in [-0.25, -0.2) is 4.39 Å². The van der Waals surface area contributed by atoms with Gasteiger partial charge in [-0.05, 0) is 69.3 Å². The van der Waals surface area contributed by atoms with Crippen LogP contribution in [-0.4, -0.2) is 33.7 Å².